The van der Waals surface area contributed by atoms with Crippen LogP contribution in [0.4, 0.5) is 0 Å². The molecule has 5 heteroatoms. The zero-order valence-corrected chi connectivity index (χ0v) is 8.62. The lowest BCUT2D eigenvalue weighted by Crippen LogP contribution is -2.34. The standard InChI is InChI=1S/C11H11NO4/c1-16-8-2-3-9-7(6-8)4-5-11(13,14)10(9)12-15/h2-6,10,13-14H,1H3. The van der Waals surface area contributed by atoms with Crippen molar-refractivity contribution in [3.8, 4) is 5.75 Å². The van der Waals surface area contributed by atoms with Crippen LogP contribution in [-0.4, -0.2) is 23.1 Å². The van der Waals surface area contributed by atoms with Gasteiger partial charge in [0, 0.05) is 0 Å². The Morgan fingerprint density at radius 3 is 2.81 bits per heavy atom. The van der Waals surface area contributed by atoms with Crippen molar-refractivity contribution in [1.82, 2.24) is 0 Å². The zero-order valence-electron chi connectivity index (χ0n) is 8.62. The van der Waals surface area contributed by atoms with Crippen LogP contribution in [-0.2, 0) is 0 Å². The molecule has 1 aromatic carbocycles. The molecule has 16 heavy (non-hydrogen) atoms. The number of fused-ring (bicyclic) bond motifs is 1. The Hall–Kier alpha value is -1.72. The number of hydrogen-bond acceptors (Lipinski definition) is 5. The lowest BCUT2D eigenvalue weighted by atomic mass is 9.89. The van der Waals surface area contributed by atoms with Crippen molar-refractivity contribution in [2.24, 2.45) is 5.18 Å². The summed E-state index contributed by atoms with van der Waals surface area (Å²) in [7, 11) is 1.53. The van der Waals surface area contributed by atoms with Crippen LogP contribution in [0.2, 0.25) is 0 Å². The molecule has 5 nitrogen and oxygen atoms in total. The summed E-state index contributed by atoms with van der Waals surface area (Å²) in [5, 5.41) is 21.9. The van der Waals surface area contributed by atoms with E-state index in [1.54, 1.807) is 18.2 Å². The monoisotopic (exact) mass is 221 g/mol. The smallest absolute Gasteiger partial charge is 0.214 e. The van der Waals surface area contributed by atoms with Crippen LogP contribution in [0, 0.1) is 4.91 Å². The van der Waals surface area contributed by atoms with Gasteiger partial charge in [-0.25, -0.2) is 0 Å². The maximum absolute atomic E-state index is 10.7. The Balaban J connectivity index is 2.54. The van der Waals surface area contributed by atoms with Gasteiger partial charge in [0.1, 0.15) is 5.75 Å². The van der Waals surface area contributed by atoms with E-state index in [1.165, 1.54) is 13.2 Å². The Labute approximate surface area is 92.0 Å². The number of methoxy groups -OCH3 is 1. The van der Waals surface area contributed by atoms with Crippen molar-refractivity contribution < 1.29 is 14.9 Å². The van der Waals surface area contributed by atoms with Gasteiger partial charge in [-0.2, -0.15) is 0 Å². The second kappa shape index (κ2) is 3.70. The number of nitrogens with zero attached hydrogens (tertiary/aromatic N) is 1. The molecule has 0 amide bonds. The second-order valence-electron chi connectivity index (χ2n) is 3.62. The second-order valence-corrected chi connectivity index (χ2v) is 3.62. The largest absolute Gasteiger partial charge is 0.497 e. The topological polar surface area (TPSA) is 79.1 Å². The summed E-state index contributed by atoms with van der Waals surface area (Å²) in [6.45, 7) is 0. The highest BCUT2D eigenvalue weighted by molar-refractivity contribution is 5.61. The number of benzene rings is 1. The molecule has 0 saturated carbocycles. The fraction of sp³-hybridized carbons (Fsp3) is 0.273. The highest BCUT2D eigenvalue weighted by atomic mass is 16.5. The molecule has 0 bridgehead atoms. The molecule has 2 rings (SSSR count). The fourth-order valence-electron chi connectivity index (χ4n) is 1.74. The molecule has 0 heterocycles. The van der Waals surface area contributed by atoms with Gasteiger partial charge in [-0.1, -0.05) is 17.3 Å². The van der Waals surface area contributed by atoms with Gasteiger partial charge < -0.3 is 14.9 Å². The number of hydrogen-bond donors (Lipinski definition) is 2. The van der Waals surface area contributed by atoms with Crippen molar-refractivity contribution in [2.45, 2.75) is 11.8 Å². The van der Waals surface area contributed by atoms with Gasteiger partial charge in [-0.05, 0) is 29.3 Å². The van der Waals surface area contributed by atoms with E-state index < -0.39 is 11.8 Å². The molecule has 1 aliphatic rings. The highest BCUT2D eigenvalue weighted by Gasteiger charge is 2.38. The van der Waals surface area contributed by atoms with E-state index in [9.17, 15) is 15.1 Å². The highest BCUT2D eigenvalue weighted by Crippen LogP contribution is 2.37. The third-order valence-electron chi connectivity index (χ3n) is 2.60. The molecule has 1 aromatic rings. The Morgan fingerprint density at radius 1 is 1.44 bits per heavy atom. The molecular weight excluding hydrogens is 210 g/mol. The molecule has 1 unspecified atom stereocenters. The molecule has 0 aromatic heterocycles. The van der Waals surface area contributed by atoms with Crippen LogP contribution in [0.25, 0.3) is 6.08 Å². The van der Waals surface area contributed by atoms with Crippen LogP contribution < -0.4 is 4.74 Å². The first kappa shape index (κ1) is 10.8. The third kappa shape index (κ3) is 1.60. The van der Waals surface area contributed by atoms with E-state index in [1.807, 2.05) is 0 Å². The van der Waals surface area contributed by atoms with Crippen molar-refractivity contribution in [3.63, 3.8) is 0 Å². The molecule has 84 valence electrons. The minimum Gasteiger partial charge on any atom is -0.497 e. The van der Waals surface area contributed by atoms with E-state index in [0.717, 1.165) is 6.08 Å². The number of rotatable bonds is 2. The molecule has 2 N–H and O–H groups in total. The van der Waals surface area contributed by atoms with Crippen molar-refractivity contribution in [1.29, 1.82) is 0 Å². The number of nitroso groups, excluding NO2 is 1. The average molecular weight is 221 g/mol. The Morgan fingerprint density at radius 2 is 2.19 bits per heavy atom. The van der Waals surface area contributed by atoms with Gasteiger partial charge in [-0.15, -0.1) is 4.91 Å². The van der Waals surface area contributed by atoms with Gasteiger partial charge in [0.25, 0.3) is 0 Å². The van der Waals surface area contributed by atoms with Crippen LogP contribution >= 0.6 is 0 Å². The maximum Gasteiger partial charge on any atom is 0.214 e. The fourth-order valence-corrected chi connectivity index (χ4v) is 1.74. The van der Waals surface area contributed by atoms with Gasteiger partial charge in [0.15, 0.2) is 6.04 Å². The molecule has 0 fully saturated rings. The first-order valence-corrected chi connectivity index (χ1v) is 4.73. The van der Waals surface area contributed by atoms with E-state index in [2.05, 4.69) is 5.18 Å². The van der Waals surface area contributed by atoms with E-state index >= 15 is 0 Å². The lowest BCUT2D eigenvalue weighted by molar-refractivity contribution is -0.136. The molecule has 1 atom stereocenters. The summed E-state index contributed by atoms with van der Waals surface area (Å²) in [6, 6.07) is 3.74. The first-order chi connectivity index (χ1) is 7.58. The molecule has 0 spiro atoms. The predicted octanol–water partition coefficient (Wildman–Crippen LogP) is 1.21. The summed E-state index contributed by atoms with van der Waals surface area (Å²) in [5.41, 5.74) is 1.17. The molecule has 0 saturated heterocycles. The van der Waals surface area contributed by atoms with Crippen molar-refractivity contribution in [3.05, 3.63) is 40.3 Å². The van der Waals surface area contributed by atoms with E-state index in [4.69, 9.17) is 4.74 Å². The van der Waals surface area contributed by atoms with Gasteiger partial charge >= 0.3 is 0 Å². The van der Waals surface area contributed by atoms with Crippen molar-refractivity contribution in [2.75, 3.05) is 7.11 Å². The molecule has 0 radical (unpaired) electrons. The quantitative estimate of drug-likeness (QED) is 0.581. The Kier molecular flexibility index (Phi) is 2.49. The minimum atomic E-state index is -2.22. The van der Waals surface area contributed by atoms with Gasteiger partial charge in [0.2, 0.25) is 5.79 Å². The van der Waals surface area contributed by atoms with Gasteiger partial charge in [0.05, 0.1) is 7.11 Å². The molecular formula is C11H11NO4. The molecule has 0 aliphatic heterocycles. The zero-order chi connectivity index (χ0) is 11.8. The molecule has 1 aliphatic carbocycles. The van der Waals surface area contributed by atoms with Crippen LogP contribution in [0.3, 0.4) is 0 Å². The summed E-state index contributed by atoms with van der Waals surface area (Å²) in [6.07, 6.45) is 2.67. The Bertz CT molecular complexity index is 453. The summed E-state index contributed by atoms with van der Waals surface area (Å²) < 4.78 is 5.03. The van der Waals surface area contributed by atoms with Crippen LogP contribution in [0.5, 0.6) is 5.75 Å². The average Bonchev–Trinajstić information content (AvgIpc) is 2.27. The minimum absolute atomic E-state index is 0.475. The third-order valence-corrected chi connectivity index (χ3v) is 2.60. The summed E-state index contributed by atoms with van der Waals surface area (Å²) in [5.74, 6) is -1.58. The van der Waals surface area contributed by atoms with E-state index in [-0.39, 0.29) is 0 Å². The van der Waals surface area contributed by atoms with E-state index in [0.29, 0.717) is 16.9 Å². The lowest BCUT2D eigenvalue weighted by Gasteiger charge is -2.28. The predicted molar refractivity (Wildman–Crippen MR) is 57.7 cm³/mol. The summed E-state index contributed by atoms with van der Waals surface area (Å²) >= 11 is 0. The SMILES string of the molecule is COc1ccc2c(c1)C=CC(O)(O)C2N=O. The van der Waals surface area contributed by atoms with Crippen molar-refractivity contribution >= 4 is 6.08 Å². The van der Waals surface area contributed by atoms with Crippen LogP contribution in [0.1, 0.15) is 17.2 Å². The number of aliphatic hydroxyl groups is 2. The van der Waals surface area contributed by atoms with Crippen LogP contribution in [0.15, 0.2) is 29.5 Å². The van der Waals surface area contributed by atoms with Gasteiger partial charge in [-0.3, -0.25) is 0 Å². The first-order valence-electron chi connectivity index (χ1n) is 4.73. The number of ether oxygens (including phenoxy) is 1. The maximum atomic E-state index is 10.7. The summed E-state index contributed by atoms with van der Waals surface area (Å²) in [4.78, 5) is 10.7. The normalized spacial score (nSPS) is 21.3.